The van der Waals surface area contributed by atoms with Gasteiger partial charge in [0.15, 0.2) is 0 Å². The zero-order chi connectivity index (χ0) is 49.0. The van der Waals surface area contributed by atoms with Gasteiger partial charge in [-0.25, -0.2) is 19.9 Å². The maximum atomic E-state index is 5.49. The summed E-state index contributed by atoms with van der Waals surface area (Å²) in [6.07, 6.45) is 0. The average molecular weight is 945 g/mol. The van der Waals surface area contributed by atoms with Crippen molar-refractivity contribution in [2.24, 2.45) is 0 Å². The molecule has 14 rings (SSSR count). The highest BCUT2D eigenvalue weighted by atomic mass is 15.1. The molecule has 0 aliphatic rings. The summed E-state index contributed by atoms with van der Waals surface area (Å²) in [5.74, 6) is 1.62. The molecule has 6 nitrogen and oxygen atoms in total. The fourth-order valence-corrected chi connectivity index (χ4v) is 10.8. The molecule has 8 aromatic carbocycles. The van der Waals surface area contributed by atoms with Gasteiger partial charge in [0, 0.05) is 21.5 Å². The molecule has 0 saturated heterocycles. The fraction of sp³-hybridized carbons (Fsp3) is 0. The third-order valence-corrected chi connectivity index (χ3v) is 14.2. The summed E-state index contributed by atoms with van der Waals surface area (Å²) < 4.78 is 4.56. The van der Waals surface area contributed by atoms with Gasteiger partial charge >= 0.3 is 0 Å². The topological polar surface area (TPSA) is 61.4 Å². The molecule has 6 heteroatoms. The highest BCUT2D eigenvalue weighted by molar-refractivity contribution is 6.10. The lowest BCUT2D eigenvalue weighted by molar-refractivity contribution is 1.07. The van der Waals surface area contributed by atoms with Gasteiger partial charge in [-0.05, 0) is 117 Å². The second kappa shape index (κ2) is 18.0. The highest BCUT2D eigenvalue weighted by Crippen LogP contribution is 2.40. The Labute approximate surface area is 427 Å². The van der Waals surface area contributed by atoms with E-state index in [4.69, 9.17) is 19.9 Å². The minimum atomic E-state index is 0.729. The Morgan fingerprint density at radius 1 is 0.203 bits per heavy atom. The van der Waals surface area contributed by atoms with E-state index in [2.05, 4.69) is 252 Å². The summed E-state index contributed by atoms with van der Waals surface area (Å²) >= 11 is 0. The number of pyridine rings is 4. The maximum absolute atomic E-state index is 5.49. The van der Waals surface area contributed by atoms with Crippen molar-refractivity contribution in [1.82, 2.24) is 29.1 Å². The van der Waals surface area contributed by atoms with E-state index in [1.54, 1.807) is 0 Å². The van der Waals surface area contributed by atoms with Crippen LogP contribution in [0.4, 0.5) is 0 Å². The largest absolute Gasteiger partial charge is 0.294 e. The van der Waals surface area contributed by atoms with Gasteiger partial charge in [0.1, 0.15) is 11.6 Å². The molecule has 0 fully saturated rings. The Hall–Kier alpha value is -10.0. The van der Waals surface area contributed by atoms with Crippen LogP contribution in [0.15, 0.2) is 267 Å². The fourth-order valence-electron chi connectivity index (χ4n) is 10.8. The van der Waals surface area contributed by atoms with E-state index in [0.717, 1.165) is 112 Å². The number of aromatic nitrogens is 6. The van der Waals surface area contributed by atoms with Gasteiger partial charge in [0.05, 0.1) is 56.2 Å². The number of para-hydroxylation sites is 4. The lowest BCUT2D eigenvalue weighted by atomic mass is 9.94. The number of fused-ring (bicyclic) bond motifs is 6. The third-order valence-electron chi connectivity index (χ3n) is 14.2. The number of nitrogens with zero attached hydrogens (tertiary/aromatic N) is 6. The van der Waals surface area contributed by atoms with Crippen molar-refractivity contribution in [1.29, 1.82) is 0 Å². The van der Waals surface area contributed by atoms with Crippen LogP contribution in [0.25, 0.3) is 134 Å². The van der Waals surface area contributed by atoms with Crippen molar-refractivity contribution in [3.8, 4) is 90.3 Å². The van der Waals surface area contributed by atoms with E-state index in [0.29, 0.717) is 0 Å². The third kappa shape index (κ3) is 7.44. The minimum Gasteiger partial charge on any atom is -0.294 e. The summed E-state index contributed by atoms with van der Waals surface area (Å²) in [4.78, 5) is 21.8. The van der Waals surface area contributed by atoms with Gasteiger partial charge in [0.25, 0.3) is 0 Å². The molecule has 6 aromatic heterocycles. The van der Waals surface area contributed by atoms with Crippen molar-refractivity contribution < 1.29 is 0 Å². The lowest BCUT2D eigenvalue weighted by Crippen LogP contribution is -2.02. The van der Waals surface area contributed by atoms with E-state index in [9.17, 15) is 0 Å². The molecule has 0 radical (unpaired) electrons. The van der Waals surface area contributed by atoms with E-state index < -0.39 is 0 Å². The molecule has 0 N–H and O–H groups in total. The Kier molecular flexibility index (Phi) is 10.4. The highest BCUT2D eigenvalue weighted by Gasteiger charge is 2.20. The molecular weight excluding hydrogens is 901 g/mol. The smallest absolute Gasteiger partial charge is 0.138 e. The number of rotatable bonds is 9. The minimum absolute atomic E-state index is 0.729. The van der Waals surface area contributed by atoms with Gasteiger partial charge in [-0.2, -0.15) is 0 Å². The normalized spacial score (nSPS) is 11.5. The molecule has 0 unspecified atom stereocenters. The van der Waals surface area contributed by atoms with Crippen LogP contribution < -0.4 is 0 Å². The van der Waals surface area contributed by atoms with Crippen LogP contribution in [-0.2, 0) is 0 Å². The second-order valence-corrected chi connectivity index (χ2v) is 18.6. The zero-order valence-corrected chi connectivity index (χ0v) is 40.1. The standard InChI is InChI=1S/C68H44N6/c1-3-21-45(22-4-1)49-25-7-9-27-51(49)47-41-61(71-67(43-47)73-63-37-15-11-29-53(63)54-30-12-16-38-64(54)73)59-35-19-33-57(69-59)58-34-20-36-60(70-58)62-42-48(52-28-10-8-26-50(52)46-23-5-2-6-24-46)44-68(72-62)74-65-39-17-13-31-55(65)56-32-14-18-40-66(56)74/h1-44H. The van der Waals surface area contributed by atoms with E-state index in [1.807, 2.05) is 24.3 Å². The van der Waals surface area contributed by atoms with Crippen LogP contribution in [0, 0.1) is 0 Å². The Bertz CT molecular complexity index is 4040. The van der Waals surface area contributed by atoms with Gasteiger partial charge in [-0.3, -0.25) is 9.13 Å². The van der Waals surface area contributed by atoms with Gasteiger partial charge in [0.2, 0.25) is 0 Å². The predicted octanol–water partition coefficient (Wildman–Crippen LogP) is 17.1. The summed E-state index contributed by atoms with van der Waals surface area (Å²) in [5.41, 5.74) is 17.7. The molecule has 6 heterocycles. The van der Waals surface area contributed by atoms with Crippen LogP contribution in [-0.4, -0.2) is 29.1 Å². The van der Waals surface area contributed by atoms with Gasteiger partial charge in [-0.15, -0.1) is 0 Å². The van der Waals surface area contributed by atoms with Crippen LogP contribution in [0.5, 0.6) is 0 Å². The molecule has 0 spiro atoms. The summed E-state index contributed by atoms with van der Waals surface area (Å²) in [6, 6.07) is 93.7. The molecule has 0 atom stereocenters. The van der Waals surface area contributed by atoms with Crippen molar-refractivity contribution in [3.63, 3.8) is 0 Å². The second-order valence-electron chi connectivity index (χ2n) is 18.6. The van der Waals surface area contributed by atoms with E-state index in [-0.39, 0.29) is 0 Å². The lowest BCUT2D eigenvalue weighted by Gasteiger charge is -2.16. The van der Waals surface area contributed by atoms with Crippen LogP contribution >= 0.6 is 0 Å². The molecule has 74 heavy (non-hydrogen) atoms. The maximum Gasteiger partial charge on any atom is 0.138 e. The Morgan fingerprint density at radius 3 is 0.838 bits per heavy atom. The first-order chi connectivity index (χ1) is 36.7. The van der Waals surface area contributed by atoms with Gasteiger partial charge in [-0.1, -0.05) is 194 Å². The summed E-state index contributed by atoms with van der Waals surface area (Å²) in [7, 11) is 0. The van der Waals surface area contributed by atoms with Gasteiger partial charge < -0.3 is 0 Å². The summed E-state index contributed by atoms with van der Waals surface area (Å²) in [5, 5.41) is 4.70. The molecule has 0 saturated carbocycles. The quantitative estimate of drug-likeness (QED) is 0.145. The molecule has 0 aliphatic carbocycles. The SMILES string of the molecule is c1ccc(-c2ccccc2-c2cc(-c3cccc(-c4cccc(-c5cc(-c6ccccc6-c6ccccc6)cc(-n6c7ccccc7c7ccccc76)n5)n4)n3)nc(-n3c4ccccc4c4ccccc43)c2)cc1. The number of hydrogen-bond acceptors (Lipinski definition) is 4. The van der Waals surface area contributed by atoms with E-state index >= 15 is 0 Å². The molecule has 0 aliphatic heterocycles. The first kappa shape index (κ1) is 42.8. The monoisotopic (exact) mass is 944 g/mol. The van der Waals surface area contributed by atoms with Crippen molar-refractivity contribution in [3.05, 3.63) is 267 Å². The van der Waals surface area contributed by atoms with Crippen molar-refractivity contribution >= 4 is 43.6 Å². The molecular formula is C68H44N6. The summed E-state index contributed by atoms with van der Waals surface area (Å²) in [6.45, 7) is 0. The molecule has 0 amide bonds. The van der Waals surface area contributed by atoms with Crippen LogP contribution in [0.1, 0.15) is 0 Å². The van der Waals surface area contributed by atoms with Crippen LogP contribution in [0.3, 0.4) is 0 Å². The molecule has 0 bridgehead atoms. The van der Waals surface area contributed by atoms with E-state index in [1.165, 1.54) is 21.5 Å². The first-order valence-electron chi connectivity index (χ1n) is 25.0. The first-order valence-corrected chi connectivity index (χ1v) is 25.0. The van der Waals surface area contributed by atoms with Crippen LogP contribution in [0.2, 0.25) is 0 Å². The predicted molar refractivity (Wildman–Crippen MR) is 304 cm³/mol. The molecule has 346 valence electrons. The van der Waals surface area contributed by atoms with Crippen molar-refractivity contribution in [2.45, 2.75) is 0 Å². The van der Waals surface area contributed by atoms with Crippen molar-refractivity contribution in [2.75, 3.05) is 0 Å². The average Bonchev–Trinajstić information content (AvgIpc) is 4.02. The number of hydrogen-bond donors (Lipinski definition) is 0. The zero-order valence-electron chi connectivity index (χ0n) is 40.1. The Balaban J connectivity index is 0.932. The Morgan fingerprint density at radius 2 is 0.486 bits per heavy atom. The number of benzene rings is 8. The molecule has 14 aromatic rings.